The Labute approximate surface area is 153 Å². The van der Waals surface area contributed by atoms with Gasteiger partial charge in [0.2, 0.25) is 5.88 Å². The standard InChI is InChI=1S/C21H25N3O2/c1-15-12-20(26-11-5-3-2-4-10-22)24-21(23-15)18-7-6-17-14-19(25)9-8-16(17)13-18/h6-9,12-14,25H,2-5,10-11,22H2,1H3. The van der Waals surface area contributed by atoms with Crippen LogP contribution in [0, 0.1) is 6.92 Å². The van der Waals surface area contributed by atoms with Gasteiger partial charge >= 0.3 is 0 Å². The van der Waals surface area contributed by atoms with Crippen LogP contribution >= 0.6 is 0 Å². The molecule has 1 heterocycles. The van der Waals surface area contributed by atoms with Gasteiger partial charge in [-0.25, -0.2) is 4.98 Å². The lowest BCUT2D eigenvalue weighted by Gasteiger charge is -2.09. The summed E-state index contributed by atoms with van der Waals surface area (Å²) in [6.45, 7) is 3.34. The van der Waals surface area contributed by atoms with Crippen molar-refractivity contribution in [1.82, 2.24) is 9.97 Å². The number of rotatable bonds is 8. The summed E-state index contributed by atoms with van der Waals surface area (Å²) in [4.78, 5) is 9.10. The maximum absolute atomic E-state index is 9.59. The molecule has 0 aliphatic rings. The van der Waals surface area contributed by atoms with Crippen molar-refractivity contribution in [3.8, 4) is 23.0 Å². The SMILES string of the molecule is Cc1cc(OCCCCCCN)nc(-c2ccc3cc(O)ccc3c2)n1. The van der Waals surface area contributed by atoms with Crippen LogP contribution in [0.5, 0.6) is 11.6 Å². The summed E-state index contributed by atoms with van der Waals surface area (Å²) in [5.74, 6) is 1.52. The monoisotopic (exact) mass is 351 g/mol. The van der Waals surface area contributed by atoms with Crippen molar-refractivity contribution in [3.63, 3.8) is 0 Å². The third-order valence-corrected chi connectivity index (χ3v) is 4.26. The van der Waals surface area contributed by atoms with E-state index in [1.54, 1.807) is 12.1 Å². The number of benzene rings is 2. The first-order valence-electron chi connectivity index (χ1n) is 9.07. The van der Waals surface area contributed by atoms with Crippen LogP contribution in [0.2, 0.25) is 0 Å². The minimum Gasteiger partial charge on any atom is -0.508 e. The van der Waals surface area contributed by atoms with Crippen molar-refractivity contribution in [3.05, 3.63) is 48.2 Å². The number of ether oxygens (including phenoxy) is 1. The first-order chi connectivity index (χ1) is 12.7. The number of aromatic nitrogens is 2. The van der Waals surface area contributed by atoms with Crippen molar-refractivity contribution in [2.45, 2.75) is 32.6 Å². The summed E-state index contributed by atoms with van der Waals surface area (Å²) in [5.41, 5.74) is 7.31. The third-order valence-electron chi connectivity index (χ3n) is 4.26. The first-order valence-corrected chi connectivity index (χ1v) is 9.07. The summed E-state index contributed by atoms with van der Waals surface area (Å²) in [6.07, 6.45) is 4.32. The summed E-state index contributed by atoms with van der Waals surface area (Å²) in [5, 5.41) is 11.6. The minimum atomic E-state index is 0.263. The van der Waals surface area contributed by atoms with Crippen LogP contribution in [-0.4, -0.2) is 28.2 Å². The second-order valence-electron chi connectivity index (χ2n) is 6.47. The summed E-state index contributed by atoms with van der Waals surface area (Å²) in [7, 11) is 0. The molecule has 26 heavy (non-hydrogen) atoms. The number of nitrogens with two attached hydrogens (primary N) is 1. The van der Waals surface area contributed by atoms with Gasteiger partial charge in [-0.1, -0.05) is 31.0 Å². The molecule has 0 bridgehead atoms. The van der Waals surface area contributed by atoms with Crippen LogP contribution in [-0.2, 0) is 0 Å². The average Bonchev–Trinajstić information content (AvgIpc) is 2.63. The number of hydrogen-bond donors (Lipinski definition) is 2. The molecule has 0 spiro atoms. The number of phenols is 1. The van der Waals surface area contributed by atoms with Gasteiger partial charge in [-0.15, -0.1) is 0 Å². The highest BCUT2D eigenvalue weighted by Crippen LogP contribution is 2.26. The van der Waals surface area contributed by atoms with Crippen LogP contribution < -0.4 is 10.5 Å². The molecule has 0 unspecified atom stereocenters. The molecule has 5 nitrogen and oxygen atoms in total. The lowest BCUT2D eigenvalue weighted by atomic mass is 10.1. The molecular formula is C21H25N3O2. The van der Waals surface area contributed by atoms with E-state index >= 15 is 0 Å². The quantitative estimate of drug-likeness (QED) is 0.594. The Hall–Kier alpha value is -2.66. The highest BCUT2D eigenvalue weighted by molar-refractivity contribution is 5.87. The molecule has 1 aromatic heterocycles. The van der Waals surface area contributed by atoms with Gasteiger partial charge in [-0.3, -0.25) is 0 Å². The lowest BCUT2D eigenvalue weighted by Crippen LogP contribution is -2.03. The Balaban J connectivity index is 1.73. The van der Waals surface area contributed by atoms with Crippen molar-refractivity contribution < 1.29 is 9.84 Å². The van der Waals surface area contributed by atoms with Gasteiger partial charge in [0.15, 0.2) is 5.82 Å². The van der Waals surface area contributed by atoms with E-state index in [1.165, 1.54) is 0 Å². The lowest BCUT2D eigenvalue weighted by molar-refractivity contribution is 0.293. The predicted molar refractivity (Wildman–Crippen MR) is 104 cm³/mol. The number of unbranched alkanes of at least 4 members (excludes halogenated alkanes) is 3. The van der Waals surface area contributed by atoms with Crippen molar-refractivity contribution in [2.75, 3.05) is 13.2 Å². The Morgan fingerprint density at radius 1 is 0.923 bits per heavy atom. The molecule has 0 aliphatic heterocycles. The summed E-state index contributed by atoms with van der Waals surface area (Å²) < 4.78 is 5.82. The maximum Gasteiger partial charge on any atom is 0.217 e. The van der Waals surface area contributed by atoms with E-state index < -0.39 is 0 Å². The smallest absolute Gasteiger partial charge is 0.217 e. The molecule has 0 saturated carbocycles. The maximum atomic E-state index is 9.59. The molecule has 3 aromatic rings. The van der Waals surface area contributed by atoms with Gasteiger partial charge in [0.1, 0.15) is 5.75 Å². The van der Waals surface area contributed by atoms with Crippen molar-refractivity contribution in [1.29, 1.82) is 0 Å². The number of nitrogens with zero attached hydrogens (tertiary/aromatic N) is 2. The van der Waals surface area contributed by atoms with Gasteiger partial charge in [-0.05, 0) is 55.3 Å². The second kappa shape index (κ2) is 8.63. The van der Waals surface area contributed by atoms with Crippen LogP contribution in [0.25, 0.3) is 22.2 Å². The van der Waals surface area contributed by atoms with E-state index in [0.717, 1.165) is 54.3 Å². The topological polar surface area (TPSA) is 81.3 Å². The second-order valence-corrected chi connectivity index (χ2v) is 6.47. The normalized spacial score (nSPS) is 11.0. The Bertz CT molecular complexity index is 880. The van der Waals surface area contributed by atoms with Crippen LogP contribution in [0.1, 0.15) is 31.4 Å². The fourth-order valence-electron chi connectivity index (χ4n) is 2.89. The molecule has 2 aromatic carbocycles. The van der Waals surface area contributed by atoms with Gasteiger partial charge in [0, 0.05) is 17.3 Å². The van der Waals surface area contributed by atoms with E-state index in [1.807, 2.05) is 37.3 Å². The molecule has 0 radical (unpaired) electrons. The Morgan fingerprint density at radius 3 is 2.54 bits per heavy atom. The molecule has 0 fully saturated rings. The van der Waals surface area contributed by atoms with Crippen LogP contribution in [0.15, 0.2) is 42.5 Å². The van der Waals surface area contributed by atoms with E-state index in [-0.39, 0.29) is 5.75 Å². The van der Waals surface area contributed by atoms with Gasteiger partial charge in [0.05, 0.1) is 6.61 Å². The predicted octanol–water partition coefficient (Wildman–Crippen LogP) is 4.21. The number of hydrogen-bond acceptors (Lipinski definition) is 5. The number of aromatic hydroxyl groups is 1. The highest BCUT2D eigenvalue weighted by atomic mass is 16.5. The largest absolute Gasteiger partial charge is 0.508 e. The molecule has 3 N–H and O–H groups in total. The fraction of sp³-hybridized carbons (Fsp3) is 0.333. The Morgan fingerprint density at radius 2 is 1.69 bits per heavy atom. The number of phenolic OH excluding ortho intramolecular Hbond substituents is 1. The minimum absolute atomic E-state index is 0.263. The van der Waals surface area contributed by atoms with Gasteiger partial charge < -0.3 is 15.6 Å². The molecule has 0 aliphatic carbocycles. The molecule has 0 atom stereocenters. The van der Waals surface area contributed by atoms with Crippen LogP contribution in [0.3, 0.4) is 0 Å². The van der Waals surface area contributed by atoms with Gasteiger partial charge in [0.25, 0.3) is 0 Å². The van der Waals surface area contributed by atoms with E-state index in [2.05, 4.69) is 9.97 Å². The summed E-state index contributed by atoms with van der Waals surface area (Å²) in [6, 6.07) is 13.1. The van der Waals surface area contributed by atoms with Crippen LogP contribution in [0.4, 0.5) is 0 Å². The zero-order valence-electron chi connectivity index (χ0n) is 15.1. The highest BCUT2D eigenvalue weighted by Gasteiger charge is 2.07. The van der Waals surface area contributed by atoms with Gasteiger partial charge in [-0.2, -0.15) is 4.98 Å². The molecule has 3 rings (SSSR count). The fourth-order valence-corrected chi connectivity index (χ4v) is 2.89. The zero-order valence-corrected chi connectivity index (χ0v) is 15.1. The zero-order chi connectivity index (χ0) is 18.4. The van der Waals surface area contributed by atoms with Crippen molar-refractivity contribution in [2.24, 2.45) is 5.73 Å². The number of aryl methyl sites for hydroxylation is 1. The van der Waals surface area contributed by atoms with E-state index in [0.29, 0.717) is 18.3 Å². The molecule has 136 valence electrons. The van der Waals surface area contributed by atoms with E-state index in [4.69, 9.17) is 10.5 Å². The van der Waals surface area contributed by atoms with E-state index in [9.17, 15) is 5.11 Å². The Kier molecular flexibility index (Phi) is 6.02. The summed E-state index contributed by atoms with van der Waals surface area (Å²) >= 11 is 0. The average molecular weight is 351 g/mol. The first kappa shape index (κ1) is 18.1. The molecule has 0 saturated heterocycles. The molecule has 0 amide bonds. The van der Waals surface area contributed by atoms with Crippen molar-refractivity contribution >= 4 is 10.8 Å². The third kappa shape index (κ3) is 4.70. The number of fused-ring (bicyclic) bond motifs is 1. The molecule has 5 heteroatoms. The molecular weight excluding hydrogens is 326 g/mol.